The third-order valence-electron chi connectivity index (χ3n) is 2.32. The third kappa shape index (κ3) is 3.35. The Morgan fingerprint density at radius 2 is 1.93 bits per heavy atom. The summed E-state index contributed by atoms with van der Waals surface area (Å²) < 4.78 is 5.23. The standard InChI is InChI=1S/C10H20N2O3/c1-10(2,3)15-9(13)12-6-8(7-12)11(4)14-5/h8H,6-7H2,1-5H3. The van der Waals surface area contributed by atoms with E-state index in [1.807, 2.05) is 27.8 Å². The Balaban J connectivity index is 2.30. The molecule has 5 heteroatoms. The molecule has 88 valence electrons. The second-order valence-electron chi connectivity index (χ2n) is 4.77. The lowest BCUT2D eigenvalue weighted by Crippen LogP contribution is -2.60. The average molecular weight is 216 g/mol. The summed E-state index contributed by atoms with van der Waals surface area (Å²) in [6.07, 6.45) is -0.247. The van der Waals surface area contributed by atoms with Crippen molar-refractivity contribution in [3.63, 3.8) is 0 Å². The fraction of sp³-hybridized carbons (Fsp3) is 0.900. The third-order valence-corrected chi connectivity index (χ3v) is 2.32. The van der Waals surface area contributed by atoms with Gasteiger partial charge in [0.2, 0.25) is 0 Å². The van der Waals surface area contributed by atoms with E-state index < -0.39 is 5.60 Å². The molecule has 15 heavy (non-hydrogen) atoms. The van der Waals surface area contributed by atoms with Crippen LogP contribution in [0.25, 0.3) is 0 Å². The lowest BCUT2D eigenvalue weighted by molar-refractivity contribution is -0.170. The highest BCUT2D eigenvalue weighted by molar-refractivity contribution is 5.69. The molecule has 0 bridgehead atoms. The van der Waals surface area contributed by atoms with Crippen LogP contribution in [0.4, 0.5) is 4.79 Å². The number of likely N-dealkylation sites (N-methyl/N-ethyl adjacent to an activating group) is 1. The first-order valence-corrected chi connectivity index (χ1v) is 5.08. The Bertz CT molecular complexity index is 231. The van der Waals surface area contributed by atoms with Crippen molar-refractivity contribution in [3.05, 3.63) is 0 Å². The van der Waals surface area contributed by atoms with Gasteiger partial charge in [-0.3, -0.25) is 0 Å². The molecule has 1 aliphatic heterocycles. The summed E-state index contributed by atoms with van der Waals surface area (Å²) in [6, 6.07) is 0.280. The summed E-state index contributed by atoms with van der Waals surface area (Å²) in [4.78, 5) is 18.3. The van der Waals surface area contributed by atoms with Gasteiger partial charge >= 0.3 is 6.09 Å². The summed E-state index contributed by atoms with van der Waals surface area (Å²) in [5, 5.41) is 1.75. The van der Waals surface area contributed by atoms with Crippen LogP contribution in [-0.2, 0) is 9.57 Å². The van der Waals surface area contributed by atoms with Crippen molar-refractivity contribution in [2.45, 2.75) is 32.4 Å². The highest BCUT2D eigenvalue weighted by Crippen LogP contribution is 2.17. The summed E-state index contributed by atoms with van der Waals surface area (Å²) in [7, 11) is 3.48. The number of carbonyl (C=O) groups is 1. The van der Waals surface area contributed by atoms with Crippen molar-refractivity contribution in [1.82, 2.24) is 9.96 Å². The predicted molar refractivity (Wildman–Crippen MR) is 56.4 cm³/mol. The van der Waals surface area contributed by atoms with E-state index in [2.05, 4.69) is 0 Å². The highest BCUT2D eigenvalue weighted by Gasteiger charge is 2.36. The van der Waals surface area contributed by atoms with Gasteiger partial charge in [-0.25, -0.2) is 4.79 Å². The van der Waals surface area contributed by atoms with Crippen LogP contribution in [0.5, 0.6) is 0 Å². The van der Waals surface area contributed by atoms with Gasteiger partial charge in [0.1, 0.15) is 5.60 Å². The highest BCUT2D eigenvalue weighted by atomic mass is 16.7. The molecule has 0 aliphatic carbocycles. The normalized spacial score (nSPS) is 17.9. The van der Waals surface area contributed by atoms with Gasteiger partial charge in [-0.05, 0) is 20.8 Å². The number of hydrogen-bond donors (Lipinski definition) is 0. The van der Waals surface area contributed by atoms with Gasteiger partial charge in [-0.1, -0.05) is 0 Å². The predicted octanol–water partition coefficient (Wildman–Crippen LogP) is 1.10. The second-order valence-corrected chi connectivity index (χ2v) is 4.77. The molecule has 0 spiro atoms. The number of ether oxygens (including phenoxy) is 1. The maximum Gasteiger partial charge on any atom is 0.410 e. The zero-order valence-corrected chi connectivity index (χ0v) is 10.1. The van der Waals surface area contributed by atoms with Crippen LogP contribution in [0.2, 0.25) is 0 Å². The van der Waals surface area contributed by atoms with Crippen LogP contribution < -0.4 is 0 Å². The molecule has 1 amide bonds. The van der Waals surface area contributed by atoms with Crippen molar-refractivity contribution < 1.29 is 14.4 Å². The van der Waals surface area contributed by atoms with Crippen molar-refractivity contribution >= 4 is 6.09 Å². The first-order chi connectivity index (χ1) is 6.83. The van der Waals surface area contributed by atoms with Gasteiger partial charge in [0.05, 0.1) is 13.2 Å². The second kappa shape index (κ2) is 4.37. The van der Waals surface area contributed by atoms with Crippen LogP contribution >= 0.6 is 0 Å². The van der Waals surface area contributed by atoms with Crippen LogP contribution in [0.3, 0.4) is 0 Å². The minimum atomic E-state index is -0.421. The fourth-order valence-electron chi connectivity index (χ4n) is 1.31. The molecule has 0 N–H and O–H groups in total. The lowest BCUT2D eigenvalue weighted by Gasteiger charge is -2.42. The van der Waals surface area contributed by atoms with Crippen molar-refractivity contribution in [1.29, 1.82) is 0 Å². The van der Waals surface area contributed by atoms with E-state index >= 15 is 0 Å². The summed E-state index contributed by atoms with van der Waals surface area (Å²) in [5.41, 5.74) is -0.421. The van der Waals surface area contributed by atoms with Crippen LogP contribution in [0.15, 0.2) is 0 Å². The molecular formula is C10H20N2O3. The van der Waals surface area contributed by atoms with Crippen molar-refractivity contribution in [2.75, 3.05) is 27.2 Å². The molecule has 0 aromatic rings. The first-order valence-electron chi connectivity index (χ1n) is 5.08. The summed E-state index contributed by atoms with van der Waals surface area (Å²) in [6.45, 7) is 6.93. The number of hydrogen-bond acceptors (Lipinski definition) is 4. The van der Waals surface area contributed by atoms with Crippen molar-refractivity contribution in [3.8, 4) is 0 Å². The molecule has 0 atom stereocenters. The lowest BCUT2D eigenvalue weighted by atomic mass is 10.1. The molecule has 1 heterocycles. The zero-order chi connectivity index (χ0) is 11.6. The van der Waals surface area contributed by atoms with E-state index in [4.69, 9.17) is 9.57 Å². The Labute approximate surface area is 90.9 Å². The Morgan fingerprint density at radius 1 is 1.40 bits per heavy atom. The molecule has 1 rings (SSSR count). The number of nitrogens with zero attached hydrogens (tertiary/aromatic N) is 2. The molecule has 0 aromatic carbocycles. The molecule has 1 fully saturated rings. The molecule has 0 aromatic heterocycles. The van der Waals surface area contributed by atoms with Gasteiger partial charge in [0, 0.05) is 20.1 Å². The van der Waals surface area contributed by atoms with Crippen molar-refractivity contribution in [2.24, 2.45) is 0 Å². The topological polar surface area (TPSA) is 42.0 Å². The van der Waals surface area contributed by atoms with E-state index in [9.17, 15) is 4.79 Å². The molecular weight excluding hydrogens is 196 g/mol. The molecule has 0 unspecified atom stereocenters. The summed E-state index contributed by atoms with van der Waals surface area (Å²) >= 11 is 0. The number of carbonyl (C=O) groups excluding carboxylic acids is 1. The fourth-order valence-corrected chi connectivity index (χ4v) is 1.31. The minimum absolute atomic E-state index is 0.247. The number of rotatable bonds is 2. The molecule has 0 radical (unpaired) electrons. The van der Waals surface area contributed by atoms with Crippen LogP contribution in [0.1, 0.15) is 20.8 Å². The van der Waals surface area contributed by atoms with Gasteiger partial charge in [-0.15, -0.1) is 0 Å². The van der Waals surface area contributed by atoms with E-state index in [1.165, 1.54) is 0 Å². The van der Waals surface area contributed by atoms with Gasteiger partial charge in [0.25, 0.3) is 0 Å². The average Bonchev–Trinajstić information content (AvgIpc) is 1.97. The largest absolute Gasteiger partial charge is 0.444 e. The van der Waals surface area contributed by atoms with Crippen LogP contribution in [-0.4, -0.2) is 54.9 Å². The van der Waals surface area contributed by atoms with Gasteiger partial charge in [-0.2, -0.15) is 5.06 Å². The minimum Gasteiger partial charge on any atom is -0.444 e. The Kier molecular flexibility index (Phi) is 3.57. The van der Waals surface area contributed by atoms with Gasteiger partial charge < -0.3 is 14.5 Å². The Morgan fingerprint density at radius 3 is 2.33 bits per heavy atom. The molecule has 1 aliphatic rings. The van der Waals surface area contributed by atoms with E-state index in [-0.39, 0.29) is 12.1 Å². The van der Waals surface area contributed by atoms with E-state index in [1.54, 1.807) is 17.1 Å². The number of amides is 1. The quantitative estimate of drug-likeness (QED) is 0.648. The van der Waals surface area contributed by atoms with Crippen LogP contribution in [0, 0.1) is 0 Å². The van der Waals surface area contributed by atoms with E-state index in [0.29, 0.717) is 13.1 Å². The maximum atomic E-state index is 11.5. The monoisotopic (exact) mass is 216 g/mol. The molecule has 1 saturated heterocycles. The number of likely N-dealkylation sites (tertiary alicyclic amines) is 1. The first kappa shape index (κ1) is 12.3. The maximum absolute atomic E-state index is 11.5. The smallest absolute Gasteiger partial charge is 0.410 e. The number of hydroxylamine groups is 2. The Hall–Kier alpha value is -0.810. The molecule has 0 saturated carbocycles. The summed E-state index contributed by atoms with van der Waals surface area (Å²) in [5.74, 6) is 0. The molecule has 5 nitrogen and oxygen atoms in total. The van der Waals surface area contributed by atoms with E-state index in [0.717, 1.165) is 0 Å². The van der Waals surface area contributed by atoms with Gasteiger partial charge in [0.15, 0.2) is 0 Å². The zero-order valence-electron chi connectivity index (χ0n) is 10.1. The SMILES string of the molecule is CON(C)C1CN(C(=O)OC(C)(C)C)C1.